The van der Waals surface area contributed by atoms with Gasteiger partial charge in [-0.05, 0) is 51.1 Å². The number of carbonyl (C=O) groups is 2. The van der Waals surface area contributed by atoms with Gasteiger partial charge in [0.15, 0.2) is 5.60 Å². The van der Waals surface area contributed by atoms with E-state index in [9.17, 15) is 19.5 Å². The van der Waals surface area contributed by atoms with Gasteiger partial charge in [-0.1, -0.05) is 47.7 Å². The molecule has 9 rings (SSSR count). The quantitative estimate of drug-likeness (QED) is 0.0306. The molecule has 0 saturated carbocycles. The molecule has 3 aromatic carbocycles. The van der Waals surface area contributed by atoms with Crippen molar-refractivity contribution in [3.8, 4) is 37.4 Å². The maximum atomic E-state index is 13.2. The van der Waals surface area contributed by atoms with Crippen molar-refractivity contribution in [1.29, 1.82) is 0 Å². The number of thiophene rings is 2. The van der Waals surface area contributed by atoms with E-state index < -0.39 is 11.6 Å². The number of amides is 1. The molecule has 406 valence electrons. The first-order valence-electron chi connectivity index (χ1n) is 24.1. The molecule has 79 heavy (non-hydrogen) atoms. The molecular weight excluding hydrogens is 1360 g/mol. The van der Waals surface area contributed by atoms with Gasteiger partial charge in [0.1, 0.15) is 33.5 Å². The maximum absolute atomic E-state index is 13.2. The van der Waals surface area contributed by atoms with E-state index in [0.717, 1.165) is 36.8 Å². The minimum atomic E-state index is -1.63. The van der Waals surface area contributed by atoms with Gasteiger partial charge < -0.3 is 62.8 Å². The molecule has 1 saturated heterocycles. The fourth-order valence-electron chi connectivity index (χ4n) is 8.70. The monoisotopic (exact) mass is 1410 g/mol. The Labute approximate surface area is 595 Å². The number of ether oxygens (including phenoxy) is 9. The number of rotatable bonds is 27. The SMILES string of the molecule is CCN1C(=O)/C(=C\c2cnc3c(-c4cc5c(s4)-c4sc(C)cc4OC5(c4ccc(OCCOCCOCCOC)c([C-]=O)c4)c4ccc(OCCOCCOCCOC)c(C(=O)[O-])c4)c4nsnc4c(C)c3n2)SC1=S.[Cs+].[Cs+].[OH-]. The Morgan fingerprint density at radius 3 is 2.01 bits per heavy atom. The number of aryl methyl sites for hydroxylation is 2. The minimum absolute atomic E-state index is 0. The van der Waals surface area contributed by atoms with Crippen molar-refractivity contribution in [2.75, 3.05) is 100 Å². The summed E-state index contributed by atoms with van der Waals surface area (Å²) in [7, 11) is 3.20. The third-order valence-corrected chi connectivity index (χ3v) is 16.5. The van der Waals surface area contributed by atoms with Crippen molar-refractivity contribution >= 4 is 109 Å². The molecule has 26 heteroatoms. The molecule has 0 bridgehead atoms. The first-order chi connectivity index (χ1) is 37.0. The number of hydrogen-bond donors (Lipinski definition) is 0. The number of thioether (sulfide) groups is 1. The second-order valence-electron chi connectivity index (χ2n) is 17.0. The zero-order chi connectivity index (χ0) is 53.3. The van der Waals surface area contributed by atoms with E-state index >= 15 is 0 Å². The summed E-state index contributed by atoms with van der Waals surface area (Å²) in [6, 6.07) is 13.8. The number of hydrogen-bond acceptors (Lipinski definition) is 23. The Kier molecular flexibility index (Phi) is 26.4. The fraction of sp³-hybridized carbons (Fsp3) is 0.358. The predicted octanol–water partition coefficient (Wildman–Crippen LogP) is 1.38. The summed E-state index contributed by atoms with van der Waals surface area (Å²) >= 11 is 10.8. The van der Waals surface area contributed by atoms with Crippen LogP contribution in [0, 0.1) is 13.8 Å². The second-order valence-corrected chi connectivity index (χ2v) is 21.5. The zero-order valence-corrected chi connectivity index (χ0v) is 61.1. The first-order valence-corrected chi connectivity index (χ1v) is 27.6. The fourth-order valence-corrected chi connectivity index (χ4v) is 13.0. The average Bonchev–Trinajstić information content (AvgIpc) is 4.39. The largest absolute Gasteiger partial charge is 1.00 e. The van der Waals surface area contributed by atoms with E-state index in [4.69, 9.17) is 73.6 Å². The Bertz CT molecular complexity index is 3340. The van der Waals surface area contributed by atoms with Crippen LogP contribution in [0.3, 0.4) is 0 Å². The number of likely N-dealkylation sites (N-methyl/N-ethyl adjacent to an activating group) is 1. The van der Waals surface area contributed by atoms with Crippen molar-refractivity contribution in [2.45, 2.75) is 26.4 Å². The van der Waals surface area contributed by atoms with Gasteiger partial charge in [-0.25, -0.2) is 4.98 Å². The van der Waals surface area contributed by atoms with Gasteiger partial charge in [-0.15, -0.1) is 34.3 Å². The normalized spacial score (nSPS) is 15.1. The molecule has 1 unspecified atom stereocenters. The number of methoxy groups -OCH3 is 2. The molecule has 0 radical (unpaired) electrons. The van der Waals surface area contributed by atoms with Crippen molar-refractivity contribution in [3.63, 3.8) is 0 Å². The molecule has 1 atom stereocenters. The van der Waals surface area contributed by atoms with Crippen LogP contribution < -0.4 is 157 Å². The molecule has 6 heterocycles. The number of aromatic carboxylic acids is 1. The van der Waals surface area contributed by atoms with Gasteiger partial charge in [-0.3, -0.25) is 14.7 Å². The van der Waals surface area contributed by atoms with Crippen LogP contribution in [0.15, 0.2) is 59.6 Å². The Balaban J connectivity index is 0.00000336. The molecule has 0 aliphatic carbocycles. The first kappa shape index (κ1) is 66.4. The summed E-state index contributed by atoms with van der Waals surface area (Å²) in [5.41, 5.74) is 3.99. The van der Waals surface area contributed by atoms with Gasteiger partial charge in [0.25, 0.3) is 5.91 Å². The zero-order valence-electron chi connectivity index (χ0n) is 44.5. The van der Waals surface area contributed by atoms with Crippen molar-refractivity contribution in [3.05, 3.63) is 104 Å². The number of carboxylic acid groups (broad SMARTS) is 1. The number of carboxylic acids is 1. The molecule has 4 aromatic heterocycles. The topological polar surface area (TPSA) is 242 Å². The predicted molar refractivity (Wildman–Crippen MR) is 295 cm³/mol. The number of fused-ring (bicyclic) bond motifs is 5. The van der Waals surface area contributed by atoms with Gasteiger partial charge in [0.05, 0.1) is 134 Å². The molecule has 2 aliphatic rings. The Hall–Kier alpha value is -1.77. The minimum Gasteiger partial charge on any atom is -0.870 e. The number of aromatic nitrogens is 4. The molecule has 1 N–H and O–H groups in total. The standard InChI is InChI=1S/C53H52N5O13S5.2Cs.H2O/c1-6-58-50(60)42(75-52(58)72)26-35-28-54-46-43(47-45(56-76-57-47)31(3)44(46)55-35)41-27-37-48(74-41)49-40(23-30(2)73-49)71-53(37,33-7-9-38(32(24-33)29-59)69-21-19-67-17-15-65-13-11-63-4)34-8-10-39(36(25-34)51(61)62)70-22-20-68-18-16-66-14-12-64-5;;;/h7-10,23-28H,6,11-22H2,1-5H3,(H,61,62);;;1H2/q-1;2*+1;/p-2/b42-26+;;;. The van der Waals surface area contributed by atoms with E-state index in [2.05, 4.69) is 6.29 Å². The smallest absolute Gasteiger partial charge is 0.870 e. The number of carbonyl (C=O) groups excluding carboxylic acids is 3. The van der Waals surface area contributed by atoms with Gasteiger partial charge in [0, 0.05) is 64.1 Å². The summed E-state index contributed by atoms with van der Waals surface area (Å²) in [5, 5.41) is 13.2. The molecular formula is C53H52Cs2N5O14S5-. The van der Waals surface area contributed by atoms with Crippen LogP contribution >= 0.6 is 58.4 Å². The van der Waals surface area contributed by atoms with Crippen LogP contribution in [0.5, 0.6) is 17.2 Å². The molecule has 1 amide bonds. The molecule has 1 fully saturated rings. The average molecular weight is 1410 g/mol. The van der Waals surface area contributed by atoms with Crippen LogP contribution in [-0.4, -0.2) is 152 Å². The molecule has 7 aromatic rings. The van der Waals surface area contributed by atoms with Crippen LogP contribution in [0.25, 0.3) is 48.3 Å². The van der Waals surface area contributed by atoms with Crippen molar-refractivity contribution in [2.24, 2.45) is 0 Å². The summed E-state index contributed by atoms with van der Waals surface area (Å²) in [6.45, 7) is 9.99. The van der Waals surface area contributed by atoms with Crippen LogP contribution in [0.1, 0.15) is 55.7 Å². The number of benzene rings is 3. The van der Waals surface area contributed by atoms with Gasteiger partial charge in [0.2, 0.25) is 0 Å². The van der Waals surface area contributed by atoms with E-state index in [-0.39, 0.29) is 198 Å². The molecule has 19 nitrogen and oxygen atoms in total. The number of thiocarbonyl (C=S) groups is 1. The van der Waals surface area contributed by atoms with E-state index in [1.807, 2.05) is 32.9 Å². The third-order valence-electron chi connectivity index (χ3n) is 12.3. The van der Waals surface area contributed by atoms with Crippen LogP contribution in [-0.2, 0) is 43.6 Å². The van der Waals surface area contributed by atoms with Gasteiger partial charge >= 0.3 is 138 Å². The summed E-state index contributed by atoms with van der Waals surface area (Å²) in [5.74, 6) is -0.824. The molecule has 0 spiro atoms. The van der Waals surface area contributed by atoms with Gasteiger partial charge in [-0.2, -0.15) is 8.75 Å². The summed E-state index contributed by atoms with van der Waals surface area (Å²) < 4.78 is 61.8. The van der Waals surface area contributed by atoms with Crippen LogP contribution in [0.4, 0.5) is 0 Å². The van der Waals surface area contributed by atoms with Crippen molar-refractivity contribution < 1.29 is 205 Å². The summed E-state index contributed by atoms with van der Waals surface area (Å²) in [4.78, 5) is 54.8. The van der Waals surface area contributed by atoms with Crippen molar-refractivity contribution in [1.82, 2.24) is 23.6 Å². The summed E-state index contributed by atoms with van der Waals surface area (Å²) in [6.07, 6.45) is 5.38. The Morgan fingerprint density at radius 1 is 0.785 bits per heavy atom. The third kappa shape index (κ3) is 14.8. The van der Waals surface area contributed by atoms with Crippen LogP contribution in [0.2, 0.25) is 0 Å². The maximum Gasteiger partial charge on any atom is 1.00 e. The number of nitrogens with zero attached hydrogens (tertiary/aromatic N) is 5. The second kappa shape index (κ2) is 31.4. The van der Waals surface area contributed by atoms with E-state index in [1.165, 1.54) is 29.2 Å². The van der Waals surface area contributed by atoms with E-state index in [0.29, 0.717) is 124 Å². The van der Waals surface area contributed by atoms with E-state index in [1.54, 1.807) is 73.1 Å². The Morgan fingerprint density at radius 2 is 1.39 bits per heavy atom. The molecule has 2 aliphatic heterocycles.